The molecule has 0 aliphatic heterocycles. The predicted octanol–water partition coefficient (Wildman–Crippen LogP) is 4.65. The van der Waals surface area contributed by atoms with E-state index in [1.54, 1.807) is 36.4 Å². The van der Waals surface area contributed by atoms with E-state index < -0.39 is 22.8 Å². The fraction of sp³-hybridized carbons (Fsp3) is 0.125. The molecule has 2 atom stereocenters. The van der Waals surface area contributed by atoms with Crippen molar-refractivity contribution in [1.29, 1.82) is 0 Å². The van der Waals surface area contributed by atoms with Crippen LogP contribution in [-0.4, -0.2) is 33.0 Å². The van der Waals surface area contributed by atoms with Gasteiger partial charge in [0.2, 0.25) is 0 Å². The fourth-order valence-corrected chi connectivity index (χ4v) is 3.98. The van der Waals surface area contributed by atoms with E-state index in [0.717, 1.165) is 0 Å². The maximum atomic E-state index is 11.4. The summed E-state index contributed by atoms with van der Waals surface area (Å²) in [5.41, 5.74) is -2.78. The van der Waals surface area contributed by atoms with E-state index >= 15 is 0 Å². The number of carboxylic acid groups (broad SMARTS) is 2. The number of para-hydroxylation sites is 2. The van der Waals surface area contributed by atoms with Gasteiger partial charge in [-0.3, -0.25) is 0 Å². The molecule has 2 N–H and O–H groups in total. The second-order valence-electron chi connectivity index (χ2n) is 4.63. The second kappa shape index (κ2) is 9.82. The maximum Gasteiger partial charge on any atom is 0.356 e. The Morgan fingerprint density at radius 3 is 1.42 bits per heavy atom. The lowest BCUT2D eigenvalue weighted by Gasteiger charge is -2.18. The Labute approximate surface area is 166 Å². The van der Waals surface area contributed by atoms with Crippen LogP contribution in [0.4, 0.5) is 0 Å². The first-order chi connectivity index (χ1) is 12.4. The zero-order valence-electron chi connectivity index (χ0n) is 12.9. The molecule has 0 saturated carbocycles. The average molecular weight is 435 g/mol. The molecule has 2 rings (SSSR count). The van der Waals surface area contributed by atoms with Crippen LogP contribution in [0.3, 0.4) is 0 Å². The zero-order chi connectivity index (χ0) is 19.1. The van der Waals surface area contributed by atoms with Crippen LogP contribution in [0, 0.1) is 0 Å². The molecule has 138 valence electrons. The van der Waals surface area contributed by atoms with Crippen molar-refractivity contribution in [2.45, 2.75) is 10.9 Å². The van der Waals surface area contributed by atoms with Gasteiger partial charge in [-0.05, 0) is 45.9 Å². The Kier molecular flexibility index (Phi) is 7.77. The molecular formula is C16H12Cl2O6S2. The molecule has 0 heterocycles. The molecule has 2 aromatic carbocycles. The first-order valence-corrected chi connectivity index (χ1v) is 10.0. The molecule has 0 spiro atoms. The van der Waals surface area contributed by atoms with Crippen molar-refractivity contribution in [3.8, 4) is 11.5 Å². The average Bonchev–Trinajstić information content (AvgIpc) is 2.60. The van der Waals surface area contributed by atoms with Gasteiger partial charge >= 0.3 is 11.9 Å². The predicted molar refractivity (Wildman–Crippen MR) is 102 cm³/mol. The largest absolute Gasteiger partial charge is 0.478 e. The Morgan fingerprint density at radius 1 is 0.769 bits per heavy atom. The number of benzene rings is 2. The molecule has 0 fully saturated rings. The van der Waals surface area contributed by atoms with E-state index in [2.05, 4.69) is 0 Å². The number of hydrogen-bond acceptors (Lipinski definition) is 6. The Balaban J connectivity index is 2.05. The standard InChI is InChI=1S/C16H12Cl2O6S2/c17-9-5-1-3-7-11(9)23-15(13(19)20)25-26-16(14(21)22)24-12-8-4-2-6-10(12)18/h1-8,15-16H,(H,19,20)(H,21,22). The van der Waals surface area contributed by atoms with Gasteiger partial charge in [-0.25, -0.2) is 9.59 Å². The van der Waals surface area contributed by atoms with Crippen LogP contribution in [0.25, 0.3) is 0 Å². The lowest BCUT2D eigenvalue weighted by Crippen LogP contribution is -2.26. The van der Waals surface area contributed by atoms with Crippen molar-refractivity contribution in [3.63, 3.8) is 0 Å². The number of rotatable bonds is 9. The molecule has 0 saturated heterocycles. The van der Waals surface area contributed by atoms with E-state index in [-0.39, 0.29) is 21.5 Å². The summed E-state index contributed by atoms with van der Waals surface area (Å²) in [5, 5.41) is 19.1. The van der Waals surface area contributed by atoms with E-state index in [9.17, 15) is 19.8 Å². The van der Waals surface area contributed by atoms with Gasteiger partial charge in [0.05, 0.1) is 10.0 Å². The second-order valence-corrected chi connectivity index (χ2v) is 7.84. The smallest absolute Gasteiger partial charge is 0.356 e. The number of halogens is 2. The van der Waals surface area contributed by atoms with Gasteiger partial charge < -0.3 is 19.7 Å². The molecule has 2 unspecified atom stereocenters. The SMILES string of the molecule is O=C(O)C(Oc1ccccc1Cl)SSC(Oc1ccccc1Cl)C(=O)O. The topological polar surface area (TPSA) is 93.1 Å². The highest BCUT2D eigenvalue weighted by Gasteiger charge is 2.28. The van der Waals surface area contributed by atoms with Crippen molar-refractivity contribution in [3.05, 3.63) is 58.6 Å². The minimum atomic E-state index is -1.39. The van der Waals surface area contributed by atoms with Crippen molar-refractivity contribution in [2.24, 2.45) is 0 Å². The molecule has 0 aromatic heterocycles. The molecule has 26 heavy (non-hydrogen) atoms. The molecule has 0 aliphatic carbocycles. The van der Waals surface area contributed by atoms with Gasteiger partial charge in [0.1, 0.15) is 11.5 Å². The van der Waals surface area contributed by atoms with Gasteiger partial charge in [0.15, 0.2) is 0 Å². The van der Waals surface area contributed by atoms with Crippen LogP contribution in [0.2, 0.25) is 10.0 Å². The summed E-state index contributed by atoms with van der Waals surface area (Å²) in [6, 6.07) is 12.7. The molecule has 10 heteroatoms. The van der Waals surface area contributed by atoms with Crippen LogP contribution >= 0.6 is 44.8 Å². The quantitative estimate of drug-likeness (QED) is 0.434. The Bertz CT molecular complexity index is 723. The summed E-state index contributed by atoms with van der Waals surface area (Å²) in [5.74, 6) is -2.23. The highest BCUT2D eigenvalue weighted by molar-refractivity contribution is 8.77. The van der Waals surface area contributed by atoms with Gasteiger partial charge in [-0.2, -0.15) is 0 Å². The van der Waals surface area contributed by atoms with E-state index in [4.69, 9.17) is 32.7 Å². The van der Waals surface area contributed by atoms with Crippen LogP contribution < -0.4 is 9.47 Å². The first kappa shape index (κ1) is 20.6. The molecule has 0 radical (unpaired) electrons. The highest BCUT2D eigenvalue weighted by Crippen LogP contribution is 2.37. The van der Waals surface area contributed by atoms with Crippen molar-refractivity contribution < 1.29 is 29.3 Å². The van der Waals surface area contributed by atoms with Gasteiger partial charge in [-0.15, -0.1) is 0 Å². The van der Waals surface area contributed by atoms with Crippen LogP contribution in [0.1, 0.15) is 0 Å². The molecular weight excluding hydrogens is 423 g/mol. The number of ether oxygens (including phenoxy) is 2. The number of hydrogen-bond donors (Lipinski definition) is 2. The molecule has 6 nitrogen and oxygen atoms in total. The van der Waals surface area contributed by atoms with Crippen LogP contribution in [0.5, 0.6) is 11.5 Å². The highest BCUT2D eigenvalue weighted by atomic mass is 35.5. The minimum Gasteiger partial charge on any atom is -0.478 e. The van der Waals surface area contributed by atoms with Gasteiger partial charge in [0.25, 0.3) is 10.9 Å². The van der Waals surface area contributed by atoms with E-state index in [0.29, 0.717) is 21.6 Å². The number of carbonyl (C=O) groups is 2. The molecule has 0 aliphatic rings. The van der Waals surface area contributed by atoms with E-state index in [1.807, 2.05) is 0 Å². The van der Waals surface area contributed by atoms with Crippen LogP contribution in [0.15, 0.2) is 48.5 Å². The number of aliphatic carboxylic acids is 2. The third-order valence-electron chi connectivity index (χ3n) is 2.77. The Morgan fingerprint density at radius 2 is 1.12 bits per heavy atom. The van der Waals surface area contributed by atoms with Crippen molar-refractivity contribution in [1.82, 2.24) is 0 Å². The zero-order valence-corrected chi connectivity index (χ0v) is 16.0. The third-order valence-corrected chi connectivity index (χ3v) is 5.84. The first-order valence-electron chi connectivity index (χ1n) is 6.98. The summed E-state index contributed by atoms with van der Waals surface area (Å²) < 4.78 is 10.7. The minimum absolute atomic E-state index is 0.175. The Hall–Kier alpha value is -1.74. The normalized spacial score (nSPS) is 12.8. The number of carboxylic acids is 2. The summed E-state index contributed by atoms with van der Waals surface area (Å²) >= 11 is 11.9. The third kappa shape index (κ3) is 5.91. The summed E-state index contributed by atoms with van der Waals surface area (Å²) in [6.07, 6.45) is 0. The van der Waals surface area contributed by atoms with Gasteiger partial charge in [-0.1, -0.05) is 47.5 Å². The van der Waals surface area contributed by atoms with Crippen molar-refractivity contribution in [2.75, 3.05) is 0 Å². The van der Waals surface area contributed by atoms with E-state index in [1.165, 1.54) is 12.1 Å². The summed E-state index contributed by atoms with van der Waals surface area (Å²) in [7, 11) is 1.36. The molecule has 2 aromatic rings. The summed E-state index contributed by atoms with van der Waals surface area (Å²) in [4.78, 5) is 22.8. The lowest BCUT2D eigenvalue weighted by atomic mass is 10.3. The lowest BCUT2D eigenvalue weighted by molar-refractivity contribution is -0.142. The van der Waals surface area contributed by atoms with Crippen molar-refractivity contribution >= 4 is 56.7 Å². The maximum absolute atomic E-state index is 11.4. The van der Waals surface area contributed by atoms with Gasteiger partial charge in [0, 0.05) is 0 Å². The van der Waals surface area contributed by atoms with Crippen LogP contribution in [-0.2, 0) is 9.59 Å². The fourth-order valence-electron chi connectivity index (χ4n) is 1.63. The summed E-state index contributed by atoms with van der Waals surface area (Å²) in [6.45, 7) is 0. The molecule has 0 amide bonds. The molecule has 0 bridgehead atoms. The monoisotopic (exact) mass is 434 g/mol.